The molecule has 14 heteroatoms. The quantitative estimate of drug-likeness (QED) is 0.397. The van der Waals surface area contributed by atoms with E-state index in [2.05, 4.69) is 31.2 Å². The summed E-state index contributed by atoms with van der Waals surface area (Å²) < 4.78 is 13.6. The minimum Gasteiger partial charge on any atom is -0.465 e. The molecule has 190 valence electrons. The van der Waals surface area contributed by atoms with Crippen molar-refractivity contribution in [3.63, 3.8) is 0 Å². The minimum atomic E-state index is -1.22. The highest BCUT2D eigenvalue weighted by atomic mass is 79.9. The zero-order valence-corrected chi connectivity index (χ0v) is 21.7. The Labute approximate surface area is 219 Å². The molecule has 0 saturated carbocycles. The molecule has 0 radical (unpaired) electrons. The van der Waals surface area contributed by atoms with Gasteiger partial charge < -0.3 is 35.1 Å². The number of rotatable bonds is 6. The molecule has 0 aliphatic carbocycles. The Morgan fingerprint density at radius 2 is 2.11 bits per heavy atom. The summed E-state index contributed by atoms with van der Waals surface area (Å²) in [5.74, 6) is 2.17. The topological polar surface area (TPSA) is 158 Å². The molecular weight excluding hydrogens is 554 g/mol. The number of aromatic nitrogens is 4. The number of piperidine rings is 1. The molecule has 4 N–H and O–H groups in total. The van der Waals surface area contributed by atoms with E-state index in [4.69, 9.17) is 25.3 Å². The number of nitrogen functional groups attached to an aromatic ring is 1. The van der Waals surface area contributed by atoms with Gasteiger partial charge in [0.2, 0.25) is 12.7 Å². The highest BCUT2D eigenvalue weighted by molar-refractivity contribution is 9.10. The smallest absolute Gasteiger partial charge is 0.405 e. The fourth-order valence-corrected chi connectivity index (χ4v) is 5.75. The first-order valence-electron chi connectivity index (χ1n) is 11.3. The van der Waals surface area contributed by atoms with Crippen LogP contribution in [0.4, 0.5) is 10.6 Å². The number of halogens is 1. The SMILES string of the molecule is C[C@H](NC(=O)O)C(=O)N1CCCC(Cn2cnc(N)c3nc(Sc4cc5c(cc4Br)OCO5)nc2-3)C1. The van der Waals surface area contributed by atoms with Crippen LogP contribution in [0.5, 0.6) is 11.5 Å². The van der Waals surface area contributed by atoms with Gasteiger partial charge in [-0.15, -0.1) is 0 Å². The predicted molar refractivity (Wildman–Crippen MR) is 133 cm³/mol. The molecule has 1 unspecified atom stereocenters. The van der Waals surface area contributed by atoms with Gasteiger partial charge in [-0.1, -0.05) is 0 Å². The number of nitrogens with two attached hydrogens (primary N) is 1. The Morgan fingerprint density at radius 1 is 1.33 bits per heavy atom. The third kappa shape index (κ3) is 5.00. The number of nitrogens with zero attached hydrogens (tertiary/aromatic N) is 5. The summed E-state index contributed by atoms with van der Waals surface area (Å²) in [5, 5.41) is 11.7. The maximum atomic E-state index is 12.7. The summed E-state index contributed by atoms with van der Waals surface area (Å²) in [5.41, 5.74) is 6.63. The summed E-state index contributed by atoms with van der Waals surface area (Å²) in [7, 11) is 0. The van der Waals surface area contributed by atoms with Gasteiger partial charge in [-0.2, -0.15) is 0 Å². The first-order valence-corrected chi connectivity index (χ1v) is 12.9. The molecule has 0 aromatic heterocycles. The van der Waals surface area contributed by atoms with Gasteiger partial charge in [0.05, 0.1) is 6.33 Å². The van der Waals surface area contributed by atoms with E-state index in [0.717, 1.165) is 22.2 Å². The second-order valence-electron chi connectivity index (χ2n) is 8.66. The Morgan fingerprint density at radius 3 is 2.89 bits per heavy atom. The number of nitrogens with one attached hydrogen (secondary N) is 1. The van der Waals surface area contributed by atoms with Gasteiger partial charge in [0.25, 0.3) is 0 Å². The van der Waals surface area contributed by atoms with Gasteiger partial charge in [-0.3, -0.25) is 4.79 Å². The zero-order valence-electron chi connectivity index (χ0n) is 19.3. The van der Waals surface area contributed by atoms with Crippen molar-refractivity contribution in [3.8, 4) is 23.0 Å². The average molecular weight is 578 g/mol. The summed E-state index contributed by atoms with van der Waals surface area (Å²) in [6.07, 6.45) is 2.18. The van der Waals surface area contributed by atoms with Crippen LogP contribution in [0.1, 0.15) is 19.8 Å². The van der Waals surface area contributed by atoms with Gasteiger partial charge in [0, 0.05) is 29.0 Å². The highest BCUT2D eigenvalue weighted by Gasteiger charge is 2.29. The van der Waals surface area contributed by atoms with E-state index in [1.807, 2.05) is 16.7 Å². The monoisotopic (exact) mass is 577 g/mol. The van der Waals surface area contributed by atoms with Crippen LogP contribution in [0.15, 0.2) is 33.0 Å². The molecule has 2 atom stereocenters. The molecule has 1 fully saturated rings. The summed E-state index contributed by atoms with van der Waals surface area (Å²) in [6, 6.07) is 2.93. The molecule has 0 bridgehead atoms. The van der Waals surface area contributed by atoms with Crippen molar-refractivity contribution in [3.05, 3.63) is 22.9 Å². The fraction of sp³-hybridized carbons (Fsp3) is 0.409. The number of likely N-dealkylation sites (tertiary alicyclic amines) is 1. The number of hydrogen-bond acceptors (Lipinski definition) is 9. The maximum Gasteiger partial charge on any atom is 0.405 e. The number of hydrogen-bond donors (Lipinski definition) is 3. The number of imidazole rings is 1. The van der Waals surface area contributed by atoms with Crippen molar-refractivity contribution in [1.82, 2.24) is 29.7 Å². The van der Waals surface area contributed by atoms with Gasteiger partial charge in [-0.05, 0) is 65.5 Å². The Balaban J connectivity index is 1.33. The van der Waals surface area contributed by atoms with Crippen LogP contribution < -0.4 is 20.5 Å². The molecule has 1 aromatic carbocycles. The van der Waals surface area contributed by atoms with Gasteiger partial charge in [-0.25, -0.2) is 19.7 Å². The lowest BCUT2D eigenvalue weighted by Crippen LogP contribution is -2.50. The van der Waals surface area contributed by atoms with Crippen LogP contribution in [0, 0.1) is 5.92 Å². The number of ether oxygens (including phenoxy) is 2. The summed E-state index contributed by atoms with van der Waals surface area (Å²) >= 11 is 4.94. The lowest BCUT2D eigenvalue weighted by Gasteiger charge is -2.34. The van der Waals surface area contributed by atoms with Crippen molar-refractivity contribution in [1.29, 1.82) is 0 Å². The molecule has 2 amide bonds. The first kappa shape index (κ1) is 24.4. The van der Waals surface area contributed by atoms with Crippen LogP contribution in [-0.2, 0) is 11.3 Å². The second kappa shape index (κ2) is 10.0. The van der Waals surface area contributed by atoms with E-state index in [1.165, 1.54) is 11.8 Å². The standard InChI is InChI=1S/C22H24BrN7O5S/c1-11(26-22(32)33)20(31)29-4-2-3-12(7-29)8-30-9-25-18(24)17-19(30)28-21(27-17)36-16-6-15-14(5-13(16)23)34-10-35-15/h5-6,9,11-12,26H,2-4,7-8,10,24H2,1H3,(H,32,33)/t11-,12?/m0/s1. The third-order valence-electron chi connectivity index (χ3n) is 6.10. The molecule has 12 nitrogen and oxygen atoms in total. The Bertz CT molecular complexity index is 1290. The lowest BCUT2D eigenvalue weighted by molar-refractivity contribution is -0.134. The van der Waals surface area contributed by atoms with Crippen molar-refractivity contribution in [2.24, 2.45) is 5.92 Å². The first-order chi connectivity index (χ1) is 17.3. The average Bonchev–Trinajstić information content (AvgIpc) is 3.48. The third-order valence-corrected chi connectivity index (χ3v) is 7.94. The number of benzene rings is 1. The Kier molecular flexibility index (Phi) is 6.79. The predicted octanol–water partition coefficient (Wildman–Crippen LogP) is 2.90. The van der Waals surface area contributed by atoms with Crippen LogP contribution in [0.25, 0.3) is 11.5 Å². The molecular formula is C22H24BrN7O5S. The van der Waals surface area contributed by atoms with Crippen LogP contribution >= 0.6 is 27.7 Å². The highest BCUT2D eigenvalue weighted by Crippen LogP contribution is 2.43. The number of carbonyl (C=O) groups is 2. The van der Waals surface area contributed by atoms with E-state index in [1.54, 1.807) is 18.2 Å². The van der Waals surface area contributed by atoms with E-state index >= 15 is 0 Å². The van der Waals surface area contributed by atoms with Crippen molar-refractivity contribution in [2.45, 2.75) is 42.4 Å². The van der Waals surface area contributed by atoms with E-state index in [0.29, 0.717) is 53.6 Å². The maximum absolute atomic E-state index is 12.7. The molecule has 5 rings (SSSR count). The lowest BCUT2D eigenvalue weighted by atomic mass is 9.97. The molecule has 1 saturated heterocycles. The number of carbonyl (C=O) groups excluding carboxylic acids is 1. The number of fused-ring (bicyclic) bond motifs is 2. The molecule has 4 aliphatic rings. The van der Waals surface area contributed by atoms with Crippen molar-refractivity contribution in [2.75, 3.05) is 25.6 Å². The minimum absolute atomic E-state index is 0.147. The van der Waals surface area contributed by atoms with Crippen LogP contribution in [0.2, 0.25) is 0 Å². The summed E-state index contributed by atoms with van der Waals surface area (Å²) in [4.78, 5) is 39.8. The number of anilines is 1. The van der Waals surface area contributed by atoms with Crippen LogP contribution in [0.3, 0.4) is 0 Å². The van der Waals surface area contributed by atoms with E-state index in [9.17, 15) is 9.59 Å². The number of carboxylic acid groups (broad SMARTS) is 1. The van der Waals surface area contributed by atoms with Crippen molar-refractivity contribution < 1.29 is 24.2 Å². The number of amides is 2. The second-order valence-corrected chi connectivity index (χ2v) is 10.5. The van der Waals surface area contributed by atoms with E-state index in [-0.39, 0.29) is 18.6 Å². The van der Waals surface area contributed by atoms with Gasteiger partial charge in [0.1, 0.15) is 6.04 Å². The van der Waals surface area contributed by atoms with Crippen molar-refractivity contribution >= 4 is 45.5 Å². The normalized spacial score (nSPS) is 17.8. The van der Waals surface area contributed by atoms with Crippen LogP contribution in [-0.4, -0.2) is 67.5 Å². The van der Waals surface area contributed by atoms with Gasteiger partial charge in [0.15, 0.2) is 34.0 Å². The molecule has 1 aromatic rings. The fourth-order valence-electron chi connectivity index (χ4n) is 4.40. The molecule has 4 aliphatic heterocycles. The molecule has 36 heavy (non-hydrogen) atoms. The molecule has 4 heterocycles. The summed E-state index contributed by atoms with van der Waals surface area (Å²) in [6.45, 7) is 3.43. The van der Waals surface area contributed by atoms with E-state index < -0.39 is 12.1 Å². The zero-order chi connectivity index (χ0) is 25.4. The van der Waals surface area contributed by atoms with Gasteiger partial charge >= 0.3 is 6.09 Å². The Hall–Kier alpha value is -3.26. The largest absolute Gasteiger partial charge is 0.465 e. The molecule has 0 spiro atoms.